The molecule has 0 saturated carbocycles. The Balaban J connectivity index is 0.000000454. The van der Waals surface area contributed by atoms with Crippen LogP contribution in [0.1, 0.15) is 19.4 Å². The van der Waals surface area contributed by atoms with Crippen molar-refractivity contribution in [1.29, 1.82) is 0 Å². The number of carbonyl (C=O) groups is 1. The monoisotopic (exact) mass is 507 g/mol. The molecule has 1 fully saturated rings. The highest BCUT2D eigenvalue weighted by atomic mass is 19.4. The molecule has 13 heteroatoms. The average Bonchev–Trinajstić information content (AvgIpc) is 2.84. The van der Waals surface area contributed by atoms with Crippen LogP contribution in [-0.4, -0.2) is 81.6 Å². The van der Waals surface area contributed by atoms with Crippen molar-refractivity contribution in [1.82, 2.24) is 25.1 Å². The Labute approximate surface area is 206 Å². The van der Waals surface area contributed by atoms with E-state index in [1.165, 1.54) is 5.56 Å². The van der Waals surface area contributed by atoms with E-state index in [4.69, 9.17) is 24.6 Å². The number of benzene rings is 1. The van der Waals surface area contributed by atoms with Gasteiger partial charge in [0.25, 0.3) is 0 Å². The van der Waals surface area contributed by atoms with Crippen LogP contribution in [0.3, 0.4) is 0 Å². The van der Waals surface area contributed by atoms with Gasteiger partial charge in [0.2, 0.25) is 0 Å². The Kier molecular flexibility index (Phi) is 8.80. The fraction of sp³-hybridized carbons (Fsp3) is 0.435. The number of alkyl halides is 3. The number of anilines is 2. The summed E-state index contributed by atoms with van der Waals surface area (Å²) in [6, 6.07) is 8.54. The second-order valence-electron chi connectivity index (χ2n) is 8.37. The minimum absolute atomic E-state index is 0.268. The van der Waals surface area contributed by atoms with E-state index < -0.39 is 12.1 Å². The number of fused-ring (bicyclic) bond motifs is 1. The molecular weight excluding hydrogens is 479 g/mol. The third kappa shape index (κ3) is 7.38. The summed E-state index contributed by atoms with van der Waals surface area (Å²) in [5.74, 6) is -0.158. The van der Waals surface area contributed by atoms with Gasteiger partial charge in [0.05, 0.1) is 19.5 Å². The van der Waals surface area contributed by atoms with Gasteiger partial charge >= 0.3 is 12.1 Å². The van der Waals surface area contributed by atoms with Gasteiger partial charge in [-0.15, -0.1) is 0 Å². The molecule has 0 radical (unpaired) electrons. The molecule has 0 unspecified atom stereocenters. The SMILES string of the molecule is COc1cccc(CN2CCN(c3nc4cnncc4nc3NC(C)C)CC2)c1.O=C(O)C(F)(F)F. The largest absolute Gasteiger partial charge is 0.497 e. The van der Waals surface area contributed by atoms with Crippen molar-refractivity contribution in [2.45, 2.75) is 32.6 Å². The molecule has 0 aliphatic carbocycles. The molecule has 2 N–H and O–H groups in total. The molecule has 0 bridgehead atoms. The van der Waals surface area contributed by atoms with Crippen LogP contribution >= 0.6 is 0 Å². The van der Waals surface area contributed by atoms with Crippen LogP contribution in [0.15, 0.2) is 36.7 Å². The molecule has 1 aromatic carbocycles. The quantitative estimate of drug-likeness (QED) is 0.515. The first-order valence-corrected chi connectivity index (χ1v) is 11.2. The van der Waals surface area contributed by atoms with Gasteiger partial charge < -0.3 is 20.1 Å². The van der Waals surface area contributed by atoms with Gasteiger partial charge in [-0.25, -0.2) is 14.8 Å². The minimum atomic E-state index is -5.08. The number of aliphatic carboxylic acids is 1. The van der Waals surface area contributed by atoms with Gasteiger partial charge in [0.1, 0.15) is 16.8 Å². The van der Waals surface area contributed by atoms with Gasteiger partial charge in [-0.1, -0.05) is 12.1 Å². The summed E-state index contributed by atoms with van der Waals surface area (Å²) in [6.45, 7) is 8.85. The van der Waals surface area contributed by atoms with Crippen molar-refractivity contribution in [3.8, 4) is 5.75 Å². The highest BCUT2D eigenvalue weighted by molar-refractivity contribution is 5.79. The Bertz CT molecular complexity index is 1170. The number of piperazine rings is 1. The van der Waals surface area contributed by atoms with E-state index in [1.54, 1.807) is 19.5 Å². The number of carboxylic acid groups (broad SMARTS) is 1. The van der Waals surface area contributed by atoms with Gasteiger partial charge in [-0.2, -0.15) is 23.4 Å². The maximum absolute atomic E-state index is 10.6. The molecule has 36 heavy (non-hydrogen) atoms. The predicted octanol–water partition coefficient (Wildman–Crippen LogP) is 3.20. The normalized spacial score (nSPS) is 14.4. The molecule has 0 atom stereocenters. The van der Waals surface area contributed by atoms with E-state index in [0.717, 1.165) is 61.1 Å². The number of hydrogen-bond acceptors (Lipinski definition) is 9. The molecular formula is C23H28F3N7O3. The highest BCUT2D eigenvalue weighted by Crippen LogP contribution is 2.26. The zero-order chi connectivity index (χ0) is 26.3. The topological polar surface area (TPSA) is 117 Å². The maximum atomic E-state index is 10.6. The Morgan fingerprint density at radius 3 is 2.28 bits per heavy atom. The van der Waals surface area contributed by atoms with E-state index >= 15 is 0 Å². The lowest BCUT2D eigenvalue weighted by Crippen LogP contribution is -2.46. The standard InChI is InChI=1S/C21H27N7O.C2HF3O2/c1-15(2)24-20-21(26-19-13-23-22-12-18(19)25-20)28-9-7-27(8-10-28)14-16-5-4-6-17(11-16)29-3;3-2(4,5)1(6)7/h4-6,11-13,15H,7-10,14H2,1-3H3,(H,24,25);(H,6,7). The molecule has 0 amide bonds. The summed E-state index contributed by atoms with van der Waals surface area (Å²) in [7, 11) is 1.71. The van der Waals surface area contributed by atoms with E-state index in [1.807, 2.05) is 12.1 Å². The van der Waals surface area contributed by atoms with Crippen molar-refractivity contribution in [3.63, 3.8) is 0 Å². The summed E-state index contributed by atoms with van der Waals surface area (Å²) in [4.78, 5) is 23.3. The number of nitrogens with zero attached hydrogens (tertiary/aromatic N) is 6. The van der Waals surface area contributed by atoms with Crippen LogP contribution < -0.4 is 15.0 Å². The second kappa shape index (κ2) is 11.8. The maximum Gasteiger partial charge on any atom is 0.490 e. The lowest BCUT2D eigenvalue weighted by atomic mass is 10.2. The van der Waals surface area contributed by atoms with E-state index in [-0.39, 0.29) is 6.04 Å². The van der Waals surface area contributed by atoms with Crippen molar-refractivity contribution < 1.29 is 27.8 Å². The third-order valence-corrected chi connectivity index (χ3v) is 5.24. The number of methoxy groups -OCH3 is 1. The average molecular weight is 508 g/mol. The van der Waals surface area contributed by atoms with Crippen LogP contribution in [0, 0.1) is 0 Å². The number of ether oxygens (including phenoxy) is 1. The molecule has 2 aromatic heterocycles. The van der Waals surface area contributed by atoms with E-state index in [0.29, 0.717) is 0 Å². The molecule has 3 heterocycles. The van der Waals surface area contributed by atoms with Crippen molar-refractivity contribution in [3.05, 3.63) is 42.2 Å². The summed E-state index contributed by atoms with van der Waals surface area (Å²) >= 11 is 0. The number of hydrogen-bond donors (Lipinski definition) is 2. The first-order valence-electron chi connectivity index (χ1n) is 11.2. The van der Waals surface area contributed by atoms with E-state index in [2.05, 4.69) is 51.3 Å². The Hall–Kier alpha value is -3.74. The first kappa shape index (κ1) is 26.9. The molecule has 1 aliphatic rings. The summed E-state index contributed by atoms with van der Waals surface area (Å²) < 4.78 is 37.1. The fourth-order valence-corrected chi connectivity index (χ4v) is 3.56. The van der Waals surface area contributed by atoms with Crippen molar-refractivity contribution in [2.24, 2.45) is 0 Å². The summed E-state index contributed by atoms with van der Waals surface area (Å²) in [5.41, 5.74) is 2.79. The molecule has 0 spiro atoms. The Morgan fingerprint density at radius 1 is 1.11 bits per heavy atom. The third-order valence-electron chi connectivity index (χ3n) is 5.24. The van der Waals surface area contributed by atoms with Crippen LogP contribution in [0.4, 0.5) is 24.8 Å². The summed E-state index contributed by atoms with van der Waals surface area (Å²) in [5, 5.41) is 18.4. The zero-order valence-corrected chi connectivity index (χ0v) is 20.2. The molecule has 3 aromatic rings. The van der Waals surface area contributed by atoms with Crippen LogP contribution in [0.5, 0.6) is 5.75 Å². The zero-order valence-electron chi connectivity index (χ0n) is 20.2. The Morgan fingerprint density at radius 2 is 1.72 bits per heavy atom. The van der Waals surface area contributed by atoms with Gasteiger partial charge in [-0.05, 0) is 31.5 Å². The van der Waals surface area contributed by atoms with Crippen molar-refractivity contribution >= 4 is 28.6 Å². The molecule has 10 nitrogen and oxygen atoms in total. The number of carboxylic acids is 1. The number of rotatable bonds is 6. The van der Waals surface area contributed by atoms with Crippen LogP contribution in [0.25, 0.3) is 11.0 Å². The predicted molar refractivity (Wildman–Crippen MR) is 128 cm³/mol. The summed E-state index contributed by atoms with van der Waals surface area (Å²) in [6.07, 6.45) is -1.76. The minimum Gasteiger partial charge on any atom is -0.497 e. The second-order valence-corrected chi connectivity index (χ2v) is 8.37. The smallest absolute Gasteiger partial charge is 0.490 e. The van der Waals surface area contributed by atoms with Gasteiger partial charge in [-0.3, -0.25) is 4.90 Å². The fourth-order valence-electron chi connectivity index (χ4n) is 3.56. The number of halogens is 3. The van der Waals surface area contributed by atoms with Crippen molar-refractivity contribution in [2.75, 3.05) is 43.5 Å². The van der Waals surface area contributed by atoms with Crippen LogP contribution in [-0.2, 0) is 11.3 Å². The van der Waals surface area contributed by atoms with Gasteiger partial charge in [0.15, 0.2) is 11.6 Å². The molecule has 194 valence electrons. The van der Waals surface area contributed by atoms with E-state index in [9.17, 15) is 13.2 Å². The molecule has 4 rings (SSSR count). The lowest BCUT2D eigenvalue weighted by Gasteiger charge is -2.36. The molecule has 1 aliphatic heterocycles. The van der Waals surface area contributed by atoms with Crippen LogP contribution in [0.2, 0.25) is 0 Å². The van der Waals surface area contributed by atoms with Gasteiger partial charge in [0, 0.05) is 38.8 Å². The molecule has 1 saturated heterocycles. The first-order chi connectivity index (χ1) is 17.1. The lowest BCUT2D eigenvalue weighted by molar-refractivity contribution is -0.192. The highest BCUT2D eigenvalue weighted by Gasteiger charge is 2.38. The number of nitrogens with one attached hydrogen (secondary N) is 1. The number of aromatic nitrogens is 4.